The summed E-state index contributed by atoms with van der Waals surface area (Å²) in [6, 6.07) is 14.2. The van der Waals surface area contributed by atoms with Crippen molar-refractivity contribution in [1.82, 2.24) is 14.7 Å². The smallest absolute Gasteiger partial charge is 0.249 e. The number of hydrogen-bond acceptors (Lipinski definition) is 6. The molecule has 4 rings (SSSR count). The number of primary amides is 1. The number of halogens is 1. The summed E-state index contributed by atoms with van der Waals surface area (Å²) >= 11 is 6.82. The first-order chi connectivity index (χ1) is 19.5. The molecule has 9 nitrogen and oxygen atoms in total. The van der Waals surface area contributed by atoms with Gasteiger partial charge in [-0.1, -0.05) is 41.9 Å². The topological polar surface area (TPSA) is 145 Å². The van der Waals surface area contributed by atoms with Gasteiger partial charge in [0.15, 0.2) is 0 Å². The Kier molecular flexibility index (Phi) is 9.32. The molecule has 0 spiro atoms. The molecular formula is C31H36ClN5O4. The largest absolute Gasteiger partial charge is 0.489 e. The molecule has 0 aliphatic heterocycles. The number of imidazole rings is 1. The van der Waals surface area contributed by atoms with Gasteiger partial charge in [-0.15, -0.1) is 0 Å². The number of aliphatic hydroxyl groups excluding tert-OH is 1. The number of nitrogens with one attached hydrogen (secondary N) is 1. The highest BCUT2D eigenvalue weighted by molar-refractivity contribution is 6.33. The molecule has 10 heteroatoms. The van der Waals surface area contributed by atoms with Gasteiger partial charge in [0.25, 0.3) is 0 Å². The average Bonchev–Trinajstić information content (AvgIpc) is 3.36. The Labute approximate surface area is 244 Å². The minimum absolute atomic E-state index is 0.139. The second-order valence-corrected chi connectivity index (χ2v) is 10.9. The van der Waals surface area contributed by atoms with Gasteiger partial charge in [0, 0.05) is 41.5 Å². The Balaban J connectivity index is 1.69. The number of pyridine rings is 1. The summed E-state index contributed by atoms with van der Waals surface area (Å²) in [5.41, 5.74) is 16.4. The Morgan fingerprint density at radius 3 is 2.41 bits per heavy atom. The number of ether oxygens (including phenoxy) is 1. The zero-order valence-electron chi connectivity index (χ0n) is 23.6. The first-order valence-corrected chi connectivity index (χ1v) is 13.9. The van der Waals surface area contributed by atoms with Crippen LogP contribution in [0.4, 0.5) is 0 Å². The molecule has 2 amide bonds. The molecule has 0 saturated carbocycles. The Hall–Kier alpha value is -3.92. The summed E-state index contributed by atoms with van der Waals surface area (Å²) in [6.07, 6.45) is 3.48. The van der Waals surface area contributed by atoms with Crippen molar-refractivity contribution in [2.75, 3.05) is 6.54 Å². The number of carbonyl (C=O) groups excluding carboxylic acids is 2. The van der Waals surface area contributed by atoms with Crippen molar-refractivity contribution < 1.29 is 19.4 Å². The highest BCUT2D eigenvalue weighted by Gasteiger charge is 2.26. The summed E-state index contributed by atoms with van der Waals surface area (Å²) in [6.45, 7) is 7.27. The van der Waals surface area contributed by atoms with E-state index in [1.54, 1.807) is 26.0 Å². The number of hydrogen-bond donors (Lipinski definition) is 4. The van der Waals surface area contributed by atoms with E-state index >= 15 is 0 Å². The quantitative estimate of drug-likeness (QED) is 0.208. The van der Waals surface area contributed by atoms with E-state index in [9.17, 15) is 14.7 Å². The second kappa shape index (κ2) is 12.7. The predicted molar refractivity (Wildman–Crippen MR) is 160 cm³/mol. The second-order valence-electron chi connectivity index (χ2n) is 10.5. The molecular weight excluding hydrogens is 542 g/mol. The molecule has 2 heterocycles. The molecule has 216 valence electrons. The van der Waals surface area contributed by atoms with E-state index in [1.807, 2.05) is 67.0 Å². The number of amides is 2. The highest BCUT2D eigenvalue weighted by Crippen LogP contribution is 2.38. The maximum absolute atomic E-state index is 12.4. The van der Waals surface area contributed by atoms with Crippen molar-refractivity contribution in [2.24, 2.45) is 11.5 Å². The molecule has 3 atom stereocenters. The Bertz CT molecular complexity index is 1550. The number of aliphatic hydroxyl groups is 1. The van der Waals surface area contributed by atoms with Crippen LogP contribution in [-0.2, 0) is 11.2 Å². The highest BCUT2D eigenvalue weighted by atomic mass is 35.5. The van der Waals surface area contributed by atoms with Crippen molar-refractivity contribution >= 4 is 29.1 Å². The van der Waals surface area contributed by atoms with Crippen LogP contribution in [0.3, 0.4) is 0 Å². The average molecular weight is 578 g/mol. The van der Waals surface area contributed by atoms with Crippen LogP contribution in [0, 0.1) is 0 Å². The lowest BCUT2D eigenvalue weighted by Gasteiger charge is -2.24. The summed E-state index contributed by atoms with van der Waals surface area (Å²) < 4.78 is 7.77. The van der Waals surface area contributed by atoms with Gasteiger partial charge in [-0.05, 0) is 63.4 Å². The van der Waals surface area contributed by atoms with Crippen molar-refractivity contribution in [3.63, 3.8) is 0 Å². The minimum Gasteiger partial charge on any atom is -0.489 e. The number of fused-ring (bicyclic) bond motifs is 1. The lowest BCUT2D eigenvalue weighted by molar-refractivity contribution is -0.122. The van der Waals surface area contributed by atoms with Crippen LogP contribution in [0.5, 0.6) is 5.75 Å². The maximum atomic E-state index is 12.4. The van der Waals surface area contributed by atoms with Crippen LogP contribution in [0.15, 0.2) is 60.9 Å². The standard InChI is InChI=1S/C31H36ClN5O4/c1-17(2)41-26-12-11-24(29(34)39)27(28(26)32)22(15-35-31(40)18(3)33)14-20-7-9-21(10-8-20)25-16-37-13-5-6-23(19(4)38)30(37)36-25/h5-13,16-19,22,38H,14-15,33H2,1-4H3,(H2,34,39)(H,35,40). The molecule has 0 aliphatic rings. The summed E-state index contributed by atoms with van der Waals surface area (Å²) in [5, 5.41) is 13.3. The first-order valence-electron chi connectivity index (χ1n) is 13.5. The third kappa shape index (κ3) is 6.87. The van der Waals surface area contributed by atoms with E-state index in [1.165, 1.54) is 0 Å². The number of aromatic nitrogens is 2. The monoisotopic (exact) mass is 577 g/mol. The van der Waals surface area contributed by atoms with E-state index in [2.05, 4.69) is 5.32 Å². The van der Waals surface area contributed by atoms with E-state index in [0.29, 0.717) is 23.4 Å². The molecule has 0 radical (unpaired) electrons. The van der Waals surface area contributed by atoms with Crippen LogP contribution in [-0.4, -0.2) is 45.0 Å². The maximum Gasteiger partial charge on any atom is 0.249 e. The molecule has 2 aromatic carbocycles. The number of benzene rings is 2. The van der Waals surface area contributed by atoms with Crippen molar-refractivity contribution in [1.29, 1.82) is 0 Å². The molecule has 0 bridgehead atoms. The van der Waals surface area contributed by atoms with Gasteiger partial charge in [0.1, 0.15) is 11.4 Å². The summed E-state index contributed by atoms with van der Waals surface area (Å²) in [4.78, 5) is 29.6. The van der Waals surface area contributed by atoms with Crippen LogP contribution in [0.25, 0.3) is 16.9 Å². The molecule has 6 N–H and O–H groups in total. The SMILES string of the molecule is CC(C)Oc1ccc(C(N)=O)c(C(CNC(=O)C(C)N)Cc2ccc(-c3cn4cccc(C(C)O)c4n3)cc2)c1Cl. The zero-order chi connectivity index (χ0) is 29.8. The molecule has 0 aliphatic carbocycles. The number of nitrogens with zero attached hydrogens (tertiary/aromatic N) is 2. The van der Waals surface area contributed by atoms with Gasteiger partial charge >= 0.3 is 0 Å². The Morgan fingerprint density at radius 1 is 1.10 bits per heavy atom. The lowest BCUT2D eigenvalue weighted by atomic mass is 9.87. The minimum atomic E-state index is -0.698. The van der Waals surface area contributed by atoms with E-state index in [0.717, 1.165) is 22.4 Å². The fraction of sp³-hybridized carbons (Fsp3) is 0.323. The van der Waals surface area contributed by atoms with E-state index in [4.69, 9.17) is 32.8 Å². The van der Waals surface area contributed by atoms with Crippen LogP contribution < -0.4 is 21.5 Å². The number of nitrogens with two attached hydrogens (primary N) is 2. The predicted octanol–water partition coefficient (Wildman–Crippen LogP) is 4.38. The van der Waals surface area contributed by atoms with Crippen LogP contribution in [0.2, 0.25) is 5.02 Å². The molecule has 3 unspecified atom stereocenters. The van der Waals surface area contributed by atoms with Crippen molar-refractivity contribution in [2.45, 2.75) is 58.3 Å². The van der Waals surface area contributed by atoms with Crippen molar-refractivity contribution in [3.05, 3.63) is 88.2 Å². The molecule has 41 heavy (non-hydrogen) atoms. The van der Waals surface area contributed by atoms with Crippen molar-refractivity contribution in [3.8, 4) is 17.0 Å². The summed E-state index contributed by atoms with van der Waals surface area (Å²) in [5.74, 6) is -0.914. The molecule has 4 aromatic rings. The fourth-order valence-electron chi connectivity index (χ4n) is 4.79. The van der Waals surface area contributed by atoms with Gasteiger partial charge in [0.2, 0.25) is 11.8 Å². The van der Waals surface area contributed by atoms with Gasteiger partial charge in [-0.3, -0.25) is 9.59 Å². The zero-order valence-corrected chi connectivity index (χ0v) is 24.4. The number of rotatable bonds is 11. The normalized spacial score (nSPS) is 13.7. The Morgan fingerprint density at radius 2 is 1.80 bits per heavy atom. The first kappa shape index (κ1) is 30.0. The van der Waals surface area contributed by atoms with Crippen LogP contribution in [0.1, 0.15) is 66.8 Å². The molecule has 2 aromatic heterocycles. The summed E-state index contributed by atoms with van der Waals surface area (Å²) in [7, 11) is 0. The van der Waals surface area contributed by atoms with Gasteiger partial charge in [-0.25, -0.2) is 4.98 Å². The van der Waals surface area contributed by atoms with Gasteiger partial charge in [-0.2, -0.15) is 0 Å². The third-order valence-electron chi connectivity index (χ3n) is 6.81. The van der Waals surface area contributed by atoms with Gasteiger partial charge in [0.05, 0.1) is 29.0 Å². The number of carbonyl (C=O) groups is 2. The fourth-order valence-corrected chi connectivity index (χ4v) is 5.15. The third-order valence-corrected chi connectivity index (χ3v) is 7.20. The molecule has 0 saturated heterocycles. The van der Waals surface area contributed by atoms with Crippen LogP contribution >= 0.6 is 11.6 Å². The van der Waals surface area contributed by atoms with E-state index in [-0.39, 0.29) is 29.1 Å². The van der Waals surface area contributed by atoms with E-state index < -0.39 is 24.0 Å². The molecule has 0 fully saturated rings. The van der Waals surface area contributed by atoms with Gasteiger partial charge < -0.3 is 31.0 Å². The lowest BCUT2D eigenvalue weighted by Crippen LogP contribution is -2.40.